The summed E-state index contributed by atoms with van der Waals surface area (Å²) in [5.41, 5.74) is 0.962. The van der Waals surface area contributed by atoms with Gasteiger partial charge in [0.25, 0.3) is 0 Å². The molecule has 1 aromatic rings. The SMILES string of the molecule is C/C=C(\Nc1ccccc1)C(=O)O. The third kappa shape index (κ3) is 2.63. The third-order valence-corrected chi connectivity index (χ3v) is 1.57. The highest BCUT2D eigenvalue weighted by atomic mass is 16.4. The molecule has 1 rings (SSSR count). The van der Waals surface area contributed by atoms with E-state index in [1.165, 1.54) is 6.08 Å². The number of rotatable bonds is 3. The summed E-state index contributed by atoms with van der Waals surface area (Å²) < 4.78 is 0. The van der Waals surface area contributed by atoms with Crippen molar-refractivity contribution >= 4 is 11.7 Å². The van der Waals surface area contributed by atoms with Crippen LogP contribution in [0.1, 0.15) is 6.92 Å². The fraction of sp³-hybridized carbons (Fsp3) is 0.100. The van der Waals surface area contributed by atoms with Crippen LogP contribution < -0.4 is 5.32 Å². The van der Waals surface area contributed by atoms with E-state index in [0.29, 0.717) is 0 Å². The molecule has 1 aromatic carbocycles. The van der Waals surface area contributed by atoms with Crippen molar-refractivity contribution in [2.24, 2.45) is 0 Å². The second-order valence-electron chi connectivity index (χ2n) is 2.50. The van der Waals surface area contributed by atoms with E-state index in [-0.39, 0.29) is 5.70 Å². The maximum atomic E-state index is 10.6. The molecule has 0 saturated heterocycles. The topological polar surface area (TPSA) is 49.3 Å². The number of carbonyl (C=O) groups is 1. The maximum Gasteiger partial charge on any atom is 0.351 e. The Labute approximate surface area is 76.7 Å². The van der Waals surface area contributed by atoms with Gasteiger partial charge in [-0.15, -0.1) is 0 Å². The summed E-state index contributed by atoms with van der Waals surface area (Å²) in [5, 5.41) is 11.5. The van der Waals surface area contributed by atoms with Crippen molar-refractivity contribution in [1.29, 1.82) is 0 Å². The first-order valence-corrected chi connectivity index (χ1v) is 3.95. The molecular formula is C10H11NO2. The lowest BCUT2D eigenvalue weighted by Gasteiger charge is -2.05. The van der Waals surface area contributed by atoms with E-state index < -0.39 is 5.97 Å². The number of anilines is 1. The first kappa shape index (κ1) is 9.32. The van der Waals surface area contributed by atoms with Crippen molar-refractivity contribution in [3.05, 3.63) is 42.1 Å². The predicted octanol–water partition coefficient (Wildman–Crippen LogP) is 2.09. The van der Waals surface area contributed by atoms with Crippen LogP contribution in [0.5, 0.6) is 0 Å². The zero-order chi connectivity index (χ0) is 9.68. The number of hydrogen-bond acceptors (Lipinski definition) is 2. The zero-order valence-electron chi connectivity index (χ0n) is 7.32. The molecule has 0 unspecified atom stereocenters. The van der Waals surface area contributed by atoms with Crippen LogP contribution in [0.2, 0.25) is 0 Å². The lowest BCUT2D eigenvalue weighted by molar-refractivity contribution is -0.132. The molecule has 0 saturated carbocycles. The fourth-order valence-electron chi connectivity index (χ4n) is 0.926. The molecule has 0 spiro atoms. The van der Waals surface area contributed by atoms with E-state index in [0.717, 1.165) is 5.69 Å². The van der Waals surface area contributed by atoms with Crippen molar-refractivity contribution in [1.82, 2.24) is 0 Å². The lowest BCUT2D eigenvalue weighted by Crippen LogP contribution is -2.09. The number of carboxylic acids is 1. The number of benzene rings is 1. The van der Waals surface area contributed by atoms with Gasteiger partial charge < -0.3 is 10.4 Å². The molecule has 0 heterocycles. The quantitative estimate of drug-likeness (QED) is 0.695. The van der Waals surface area contributed by atoms with E-state index in [1.54, 1.807) is 6.92 Å². The van der Waals surface area contributed by atoms with Gasteiger partial charge in [-0.2, -0.15) is 0 Å². The summed E-state index contributed by atoms with van der Waals surface area (Å²) in [6.45, 7) is 1.68. The van der Waals surface area contributed by atoms with Crippen molar-refractivity contribution < 1.29 is 9.90 Å². The number of para-hydroxylation sites is 1. The van der Waals surface area contributed by atoms with E-state index in [4.69, 9.17) is 5.11 Å². The van der Waals surface area contributed by atoms with Crippen LogP contribution in [0.15, 0.2) is 42.1 Å². The Kier molecular flexibility index (Phi) is 3.09. The van der Waals surface area contributed by atoms with Gasteiger partial charge in [0.15, 0.2) is 0 Å². The van der Waals surface area contributed by atoms with Gasteiger partial charge in [0.05, 0.1) is 0 Å². The van der Waals surface area contributed by atoms with Gasteiger partial charge in [0, 0.05) is 5.69 Å². The second-order valence-corrected chi connectivity index (χ2v) is 2.50. The molecule has 0 amide bonds. The van der Waals surface area contributed by atoms with Crippen LogP contribution in [0.3, 0.4) is 0 Å². The number of hydrogen-bond donors (Lipinski definition) is 2. The Hall–Kier alpha value is -1.77. The van der Waals surface area contributed by atoms with Crippen molar-refractivity contribution in [3.8, 4) is 0 Å². The van der Waals surface area contributed by atoms with Crippen molar-refractivity contribution in [3.63, 3.8) is 0 Å². The summed E-state index contributed by atoms with van der Waals surface area (Å²) in [6.07, 6.45) is 1.52. The second kappa shape index (κ2) is 4.30. The number of aliphatic carboxylic acids is 1. The van der Waals surface area contributed by atoms with Crippen LogP contribution in [0.25, 0.3) is 0 Å². The molecule has 0 aliphatic rings. The van der Waals surface area contributed by atoms with Crippen LogP contribution in [0, 0.1) is 0 Å². The lowest BCUT2D eigenvalue weighted by atomic mass is 10.3. The minimum Gasteiger partial charge on any atom is -0.477 e. The maximum absolute atomic E-state index is 10.6. The van der Waals surface area contributed by atoms with Gasteiger partial charge in [0.2, 0.25) is 0 Å². The van der Waals surface area contributed by atoms with Gasteiger partial charge in [-0.25, -0.2) is 4.79 Å². The molecule has 13 heavy (non-hydrogen) atoms. The standard InChI is InChI=1S/C10H11NO2/c1-2-9(10(12)13)11-8-6-4-3-5-7-8/h2-7,11H,1H3,(H,12,13)/b9-2-. The summed E-state index contributed by atoms with van der Waals surface area (Å²) in [7, 11) is 0. The largest absolute Gasteiger partial charge is 0.477 e. The minimum atomic E-state index is -0.952. The van der Waals surface area contributed by atoms with Crippen LogP contribution >= 0.6 is 0 Å². The third-order valence-electron chi connectivity index (χ3n) is 1.57. The van der Waals surface area contributed by atoms with E-state index in [2.05, 4.69) is 5.32 Å². The number of allylic oxidation sites excluding steroid dienone is 1. The summed E-state index contributed by atoms with van der Waals surface area (Å²) in [6, 6.07) is 9.19. The Morgan fingerprint density at radius 1 is 1.38 bits per heavy atom. The van der Waals surface area contributed by atoms with Crippen molar-refractivity contribution in [2.45, 2.75) is 6.92 Å². The van der Waals surface area contributed by atoms with Crippen LogP contribution in [-0.4, -0.2) is 11.1 Å². The summed E-state index contributed by atoms with van der Waals surface area (Å²) in [5.74, 6) is -0.952. The van der Waals surface area contributed by atoms with E-state index in [9.17, 15) is 4.79 Å². The number of carboxylic acid groups (broad SMARTS) is 1. The molecule has 0 aliphatic heterocycles. The van der Waals surface area contributed by atoms with E-state index >= 15 is 0 Å². The summed E-state index contributed by atoms with van der Waals surface area (Å²) >= 11 is 0. The Bertz CT molecular complexity index is 317. The highest BCUT2D eigenvalue weighted by molar-refractivity contribution is 5.90. The monoisotopic (exact) mass is 177 g/mol. The van der Waals surface area contributed by atoms with Gasteiger partial charge in [-0.3, -0.25) is 0 Å². The molecular weight excluding hydrogens is 166 g/mol. The first-order valence-electron chi connectivity index (χ1n) is 3.95. The fourth-order valence-corrected chi connectivity index (χ4v) is 0.926. The van der Waals surface area contributed by atoms with Gasteiger partial charge in [-0.1, -0.05) is 24.3 Å². The first-order chi connectivity index (χ1) is 6.24. The average molecular weight is 177 g/mol. The zero-order valence-corrected chi connectivity index (χ0v) is 7.32. The molecule has 0 aromatic heterocycles. The smallest absolute Gasteiger partial charge is 0.351 e. The highest BCUT2D eigenvalue weighted by Crippen LogP contribution is 2.08. The average Bonchev–Trinajstić information content (AvgIpc) is 2.15. The van der Waals surface area contributed by atoms with Gasteiger partial charge >= 0.3 is 5.97 Å². The van der Waals surface area contributed by atoms with Crippen molar-refractivity contribution in [2.75, 3.05) is 5.32 Å². The highest BCUT2D eigenvalue weighted by Gasteiger charge is 2.04. The Morgan fingerprint density at radius 2 is 2.00 bits per heavy atom. The molecule has 0 atom stereocenters. The normalized spacial score (nSPS) is 11.0. The molecule has 68 valence electrons. The molecule has 3 heteroatoms. The summed E-state index contributed by atoms with van der Waals surface area (Å²) in [4.78, 5) is 10.6. The number of nitrogens with one attached hydrogen (secondary N) is 1. The Morgan fingerprint density at radius 3 is 2.46 bits per heavy atom. The van der Waals surface area contributed by atoms with E-state index in [1.807, 2.05) is 30.3 Å². The van der Waals surface area contributed by atoms with Gasteiger partial charge in [-0.05, 0) is 19.1 Å². The molecule has 0 radical (unpaired) electrons. The molecule has 0 fully saturated rings. The van der Waals surface area contributed by atoms with Crippen LogP contribution in [-0.2, 0) is 4.79 Å². The molecule has 3 nitrogen and oxygen atoms in total. The molecule has 2 N–H and O–H groups in total. The molecule has 0 bridgehead atoms. The predicted molar refractivity (Wildman–Crippen MR) is 51.5 cm³/mol. The van der Waals surface area contributed by atoms with Gasteiger partial charge in [0.1, 0.15) is 5.70 Å². The van der Waals surface area contributed by atoms with Crippen LogP contribution in [0.4, 0.5) is 5.69 Å². The molecule has 0 aliphatic carbocycles. The minimum absolute atomic E-state index is 0.186. The Balaban J connectivity index is 2.74.